The van der Waals surface area contributed by atoms with Crippen LogP contribution in [0.3, 0.4) is 0 Å². The lowest BCUT2D eigenvalue weighted by molar-refractivity contribution is -0.138. The number of benzene rings is 1. The number of carbonyl (C=O) groups is 1. The Morgan fingerprint density at radius 2 is 2.21 bits per heavy atom. The molecule has 24 heavy (non-hydrogen) atoms. The molecule has 1 aromatic carbocycles. The van der Waals surface area contributed by atoms with Crippen molar-refractivity contribution in [3.63, 3.8) is 0 Å². The number of sulfonamides is 1. The summed E-state index contributed by atoms with van der Waals surface area (Å²) in [6.07, 6.45) is 0.489. The molecule has 0 spiro atoms. The maximum Gasteiger partial charge on any atom is 0.227 e. The zero-order chi connectivity index (χ0) is 17.4. The SMILES string of the molecule is CNC(=O)[C@]12CCOC[C@H]1CN(S(=O)(=O)Cc1ccccc1F)C2. The van der Waals surface area contributed by atoms with Crippen molar-refractivity contribution >= 4 is 15.9 Å². The normalized spacial score (nSPS) is 27.7. The number of rotatable bonds is 4. The van der Waals surface area contributed by atoms with Gasteiger partial charge in [0.15, 0.2) is 0 Å². The molecule has 2 fully saturated rings. The predicted molar refractivity (Wildman–Crippen MR) is 86.0 cm³/mol. The standard InChI is InChI=1S/C16H21FN2O4S/c1-18-15(20)16-6-7-23-9-13(16)8-19(11-16)24(21,22)10-12-4-2-3-5-14(12)17/h2-5,13H,6-11H2,1H3,(H,18,20)/t13-,16+/m1/s1. The van der Waals surface area contributed by atoms with Gasteiger partial charge in [0.2, 0.25) is 15.9 Å². The van der Waals surface area contributed by atoms with Crippen LogP contribution in [-0.2, 0) is 25.3 Å². The Hall–Kier alpha value is -1.51. The molecular weight excluding hydrogens is 335 g/mol. The molecule has 1 N–H and O–H groups in total. The van der Waals surface area contributed by atoms with E-state index in [1.165, 1.54) is 22.5 Å². The van der Waals surface area contributed by atoms with Crippen LogP contribution < -0.4 is 5.32 Å². The van der Waals surface area contributed by atoms with Crippen molar-refractivity contribution in [2.75, 3.05) is 33.4 Å². The highest BCUT2D eigenvalue weighted by atomic mass is 32.2. The fourth-order valence-electron chi connectivity index (χ4n) is 3.64. The third-order valence-corrected chi connectivity index (χ3v) is 6.78. The molecular formula is C16H21FN2O4S. The zero-order valence-corrected chi connectivity index (χ0v) is 14.3. The number of nitrogens with one attached hydrogen (secondary N) is 1. The molecule has 1 amide bonds. The second-order valence-electron chi connectivity index (χ2n) is 6.40. The highest BCUT2D eigenvalue weighted by Crippen LogP contribution is 2.43. The second kappa shape index (κ2) is 6.42. The van der Waals surface area contributed by atoms with Crippen LogP contribution in [0.25, 0.3) is 0 Å². The van der Waals surface area contributed by atoms with Gasteiger partial charge in [-0.05, 0) is 12.5 Å². The molecule has 0 aliphatic carbocycles. The van der Waals surface area contributed by atoms with Crippen LogP contribution in [0.15, 0.2) is 24.3 Å². The van der Waals surface area contributed by atoms with E-state index in [4.69, 9.17) is 4.74 Å². The molecule has 0 unspecified atom stereocenters. The number of carbonyl (C=O) groups excluding carboxylic acids is 1. The van der Waals surface area contributed by atoms with E-state index in [0.717, 1.165) is 0 Å². The van der Waals surface area contributed by atoms with E-state index in [0.29, 0.717) is 19.6 Å². The molecule has 0 saturated carbocycles. The van der Waals surface area contributed by atoms with E-state index in [1.807, 2.05) is 0 Å². The topological polar surface area (TPSA) is 75.7 Å². The molecule has 8 heteroatoms. The Bertz CT molecular complexity index is 739. The first-order chi connectivity index (χ1) is 11.4. The Morgan fingerprint density at radius 1 is 1.46 bits per heavy atom. The van der Waals surface area contributed by atoms with E-state index >= 15 is 0 Å². The largest absolute Gasteiger partial charge is 0.381 e. The Labute approximate surface area is 141 Å². The van der Waals surface area contributed by atoms with Crippen LogP contribution in [0, 0.1) is 17.2 Å². The Morgan fingerprint density at radius 3 is 2.92 bits per heavy atom. The number of hydrogen-bond donors (Lipinski definition) is 1. The molecule has 132 valence electrons. The quantitative estimate of drug-likeness (QED) is 0.863. The lowest BCUT2D eigenvalue weighted by atomic mass is 9.73. The fourth-order valence-corrected chi connectivity index (χ4v) is 5.28. The van der Waals surface area contributed by atoms with E-state index in [-0.39, 0.29) is 30.5 Å². The van der Waals surface area contributed by atoms with Crippen LogP contribution in [0.1, 0.15) is 12.0 Å². The minimum atomic E-state index is -3.72. The average Bonchev–Trinajstić information content (AvgIpc) is 2.98. The van der Waals surface area contributed by atoms with Gasteiger partial charge in [-0.25, -0.2) is 17.1 Å². The Balaban J connectivity index is 1.85. The molecule has 2 aliphatic rings. The number of halogens is 1. The van der Waals surface area contributed by atoms with Crippen molar-refractivity contribution in [2.24, 2.45) is 11.3 Å². The molecule has 2 aliphatic heterocycles. The molecule has 0 radical (unpaired) electrons. The molecule has 2 heterocycles. The fraction of sp³-hybridized carbons (Fsp3) is 0.562. The highest BCUT2D eigenvalue weighted by molar-refractivity contribution is 7.88. The number of amides is 1. The minimum absolute atomic E-state index is 0.123. The van der Waals surface area contributed by atoms with E-state index in [2.05, 4.69) is 5.32 Å². The number of nitrogens with zero attached hydrogens (tertiary/aromatic N) is 1. The lowest BCUT2D eigenvalue weighted by Crippen LogP contribution is -2.49. The summed E-state index contributed by atoms with van der Waals surface area (Å²) in [5.74, 6) is -1.28. The predicted octanol–water partition coefficient (Wildman–Crippen LogP) is 0.740. The van der Waals surface area contributed by atoms with Gasteiger partial charge in [-0.3, -0.25) is 4.79 Å². The smallest absolute Gasteiger partial charge is 0.227 e. The second-order valence-corrected chi connectivity index (χ2v) is 8.37. The molecule has 2 saturated heterocycles. The maximum absolute atomic E-state index is 13.8. The zero-order valence-electron chi connectivity index (χ0n) is 13.5. The van der Waals surface area contributed by atoms with Crippen molar-refractivity contribution in [1.82, 2.24) is 9.62 Å². The molecule has 3 rings (SSSR count). The molecule has 0 aromatic heterocycles. The van der Waals surface area contributed by atoms with Crippen molar-refractivity contribution in [2.45, 2.75) is 12.2 Å². The number of ether oxygens (including phenoxy) is 1. The van der Waals surface area contributed by atoms with Gasteiger partial charge in [-0.2, -0.15) is 0 Å². The summed E-state index contributed by atoms with van der Waals surface area (Å²) in [5.41, 5.74) is -0.618. The van der Waals surface area contributed by atoms with Gasteiger partial charge in [0.25, 0.3) is 0 Å². The first-order valence-corrected chi connectivity index (χ1v) is 9.51. The molecule has 2 atom stereocenters. The van der Waals surface area contributed by atoms with E-state index in [1.54, 1.807) is 13.1 Å². The summed E-state index contributed by atoms with van der Waals surface area (Å²) >= 11 is 0. The van der Waals surface area contributed by atoms with Crippen LogP contribution in [-0.4, -0.2) is 52.0 Å². The summed E-state index contributed by atoms with van der Waals surface area (Å²) < 4.78 is 46.0. The summed E-state index contributed by atoms with van der Waals surface area (Å²) in [7, 11) is -2.16. The van der Waals surface area contributed by atoms with Crippen molar-refractivity contribution in [3.05, 3.63) is 35.6 Å². The molecule has 0 bridgehead atoms. The van der Waals surface area contributed by atoms with Gasteiger partial charge in [0, 0.05) is 38.2 Å². The lowest BCUT2D eigenvalue weighted by Gasteiger charge is -2.36. The monoisotopic (exact) mass is 356 g/mol. The van der Waals surface area contributed by atoms with Gasteiger partial charge < -0.3 is 10.1 Å². The molecule has 1 aromatic rings. The summed E-state index contributed by atoms with van der Waals surface area (Å²) in [4.78, 5) is 12.4. The van der Waals surface area contributed by atoms with Crippen LogP contribution >= 0.6 is 0 Å². The minimum Gasteiger partial charge on any atom is -0.381 e. The van der Waals surface area contributed by atoms with E-state index in [9.17, 15) is 17.6 Å². The average molecular weight is 356 g/mol. The van der Waals surface area contributed by atoms with Gasteiger partial charge in [0.1, 0.15) is 5.82 Å². The van der Waals surface area contributed by atoms with Gasteiger partial charge >= 0.3 is 0 Å². The van der Waals surface area contributed by atoms with Crippen LogP contribution in [0.4, 0.5) is 4.39 Å². The summed E-state index contributed by atoms with van der Waals surface area (Å²) in [6, 6.07) is 5.84. The van der Waals surface area contributed by atoms with Gasteiger partial charge in [-0.15, -0.1) is 0 Å². The first kappa shape index (κ1) is 17.3. The number of fused-ring (bicyclic) bond motifs is 1. The van der Waals surface area contributed by atoms with Crippen LogP contribution in [0.5, 0.6) is 0 Å². The van der Waals surface area contributed by atoms with Gasteiger partial charge in [0.05, 0.1) is 17.8 Å². The van der Waals surface area contributed by atoms with Crippen LogP contribution in [0.2, 0.25) is 0 Å². The Kier molecular flexibility index (Phi) is 4.63. The third kappa shape index (κ3) is 2.94. The summed E-state index contributed by atoms with van der Waals surface area (Å²) in [6.45, 7) is 1.14. The molecule has 6 nitrogen and oxygen atoms in total. The maximum atomic E-state index is 13.8. The first-order valence-electron chi connectivity index (χ1n) is 7.90. The van der Waals surface area contributed by atoms with Crippen molar-refractivity contribution < 1.29 is 22.3 Å². The van der Waals surface area contributed by atoms with Crippen molar-refractivity contribution in [1.29, 1.82) is 0 Å². The highest BCUT2D eigenvalue weighted by Gasteiger charge is 2.55. The van der Waals surface area contributed by atoms with Gasteiger partial charge in [-0.1, -0.05) is 18.2 Å². The summed E-state index contributed by atoms with van der Waals surface area (Å²) in [5, 5.41) is 2.65. The third-order valence-electron chi connectivity index (χ3n) is 5.04. The van der Waals surface area contributed by atoms with Crippen molar-refractivity contribution in [3.8, 4) is 0 Å². The van der Waals surface area contributed by atoms with E-state index < -0.39 is 27.0 Å². The number of hydrogen-bond acceptors (Lipinski definition) is 4.